The standard InChI is InChI=1S/C11H16O2/c1-9(8-12)11(2,13)10-6-4-3-5-7-10/h3-7,9,12-13H,8H2,1-2H3/t9-,11-/m1/s1. The van der Waals surface area contributed by atoms with E-state index < -0.39 is 5.60 Å². The summed E-state index contributed by atoms with van der Waals surface area (Å²) in [4.78, 5) is 0. The molecule has 0 fully saturated rings. The summed E-state index contributed by atoms with van der Waals surface area (Å²) in [7, 11) is 0. The third-order valence-corrected chi connectivity index (χ3v) is 2.59. The monoisotopic (exact) mass is 180 g/mol. The second-order valence-corrected chi connectivity index (χ2v) is 3.60. The van der Waals surface area contributed by atoms with Crippen molar-refractivity contribution < 1.29 is 10.2 Å². The highest BCUT2D eigenvalue weighted by atomic mass is 16.3. The molecule has 2 atom stereocenters. The van der Waals surface area contributed by atoms with Crippen LogP contribution >= 0.6 is 0 Å². The maximum absolute atomic E-state index is 10.1. The summed E-state index contributed by atoms with van der Waals surface area (Å²) in [6, 6.07) is 9.41. The van der Waals surface area contributed by atoms with Crippen LogP contribution in [0.25, 0.3) is 0 Å². The van der Waals surface area contributed by atoms with Gasteiger partial charge in [0.2, 0.25) is 0 Å². The van der Waals surface area contributed by atoms with Crippen LogP contribution in [-0.2, 0) is 5.60 Å². The number of rotatable bonds is 3. The zero-order valence-corrected chi connectivity index (χ0v) is 8.07. The fraction of sp³-hybridized carbons (Fsp3) is 0.455. The van der Waals surface area contributed by atoms with Crippen LogP contribution < -0.4 is 0 Å². The molecule has 0 heterocycles. The summed E-state index contributed by atoms with van der Waals surface area (Å²) in [5.41, 5.74) is -0.104. The Hall–Kier alpha value is -0.860. The highest BCUT2D eigenvalue weighted by Crippen LogP contribution is 2.28. The fourth-order valence-corrected chi connectivity index (χ4v) is 1.24. The predicted octanol–water partition coefficient (Wildman–Crippen LogP) is 1.52. The van der Waals surface area contributed by atoms with Gasteiger partial charge < -0.3 is 10.2 Å². The molecule has 0 spiro atoms. The lowest BCUT2D eigenvalue weighted by Gasteiger charge is -2.29. The van der Waals surface area contributed by atoms with Gasteiger partial charge in [-0.2, -0.15) is 0 Å². The lowest BCUT2D eigenvalue weighted by Crippen LogP contribution is -2.32. The van der Waals surface area contributed by atoms with Crippen LogP contribution in [0.1, 0.15) is 19.4 Å². The van der Waals surface area contributed by atoms with E-state index in [0.717, 1.165) is 5.56 Å². The molecule has 0 saturated heterocycles. The van der Waals surface area contributed by atoms with Crippen LogP contribution in [-0.4, -0.2) is 16.8 Å². The van der Waals surface area contributed by atoms with Gasteiger partial charge in [-0.25, -0.2) is 0 Å². The van der Waals surface area contributed by atoms with Gasteiger partial charge in [0.1, 0.15) is 0 Å². The molecule has 2 N–H and O–H groups in total. The van der Waals surface area contributed by atoms with Gasteiger partial charge in [0, 0.05) is 12.5 Å². The number of hydrogen-bond donors (Lipinski definition) is 2. The summed E-state index contributed by atoms with van der Waals surface area (Å²) in [6.07, 6.45) is 0. The molecule has 0 aromatic heterocycles. The second-order valence-electron chi connectivity index (χ2n) is 3.60. The Bertz CT molecular complexity index is 254. The lowest BCUT2D eigenvalue weighted by molar-refractivity contribution is -0.0210. The Labute approximate surface area is 78.8 Å². The molecule has 1 aromatic carbocycles. The topological polar surface area (TPSA) is 40.5 Å². The van der Waals surface area contributed by atoms with Crippen molar-refractivity contribution in [1.29, 1.82) is 0 Å². The van der Waals surface area contributed by atoms with Gasteiger partial charge in [-0.3, -0.25) is 0 Å². The summed E-state index contributed by atoms with van der Waals surface area (Å²) in [5.74, 6) is -0.158. The predicted molar refractivity (Wildman–Crippen MR) is 52.3 cm³/mol. The maximum atomic E-state index is 10.1. The Balaban J connectivity index is 2.93. The largest absolute Gasteiger partial charge is 0.396 e. The van der Waals surface area contributed by atoms with Crippen LogP contribution in [0, 0.1) is 5.92 Å². The van der Waals surface area contributed by atoms with Crippen molar-refractivity contribution in [2.24, 2.45) is 5.92 Å². The molecule has 0 aliphatic heterocycles. The van der Waals surface area contributed by atoms with Crippen LogP contribution in [0.15, 0.2) is 30.3 Å². The summed E-state index contributed by atoms with van der Waals surface area (Å²) >= 11 is 0. The summed E-state index contributed by atoms with van der Waals surface area (Å²) < 4.78 is 0. The van der Waals surface area contributed by atoms with Crippen LogP contribution in [0.3, 0.4) is 0 Å². The van der Waals surface area contributed by atoms with Crippen molar-refractivity contribution in [1.82, 2.24) is 0 Å². The molecule has 0 unspecified atom stereocenters. The normalized spacial score (nSPS) is 17.8. The fourth-order valence-electron chi connectivity index (χ4n) is 1.24. The lowest BCUT2D eigenvalue weighted by atomic mass is 9.85. The number of hydrogen-bond acceptors (Lipinski definition) is 2. The molecule has 0 bridgehead atoms. The molecule has 0 aliphatic rings. The average molecular weight is 180 g/mol. The Morgan fingerprint density at radius 1 is 1.31 bits per heavy atom. The molecule has 2 heteroatoms. The van der Waals surface area contributed by atoms with Gasteiger partial charge in [0.05, 0.1) is 5.60 Å². The molecular formula is C11H16O2. The first-order valence-corrected chi connectivity index (χ1v) is 4.47. The smallest absolute Gasteiger partial charge is 0.0915 e. The molecule has 72 valence electrons. The Morgan fingerprint density at radius 2 is 1.85 bits per heavy atom. The molecule has 0 radical (unpaired) electrons. The Kier molecular flexibility index (Phi) is 3.07. The zero-order chi connectivity index (χ0) is 9.90. The van der Waals surface area contributed by atoms with Gasteiger partial charge in [0.15, 0.2) is 0 Å². The number of aliphatic hydroxyl groups is 2. The molecule has 13 heavy (non-hydrogen) atoms. The maximum Gasteiger partial charge on any atom is 0.0915 e. The van der Waals surface area contributed by atoms with E-state index in [1.165, 1.54) is 0 Å². The van der Waals surface area contributed by atoms with Gasteiger partial charge in [-0.05, 0) is 12.5 Å². The quantitative estimate of drug-likeness (QED) is 0.740. The van der Waals surface area contributed by atoms with E-state index in [-0.39, 0.29) is 12.5 Å². The third kappa shape index (κ3) is 2.08. The third-order valence-electron chi connectivity index (χ3n) is 2.59. The van der Waals surface area contributed by atoms with E-state index in [9.17, 15) is 5.11 Å². The zero-order valence-electron chi connectivity index (χ0n) is 8.07. The van der Waals surface area contributed by atoms with Crippen molar-refractivity contribution in [2.75, 3.05) is 6.61 Å². The SMILES string of the molecule is C[C@H](CO)[C@@](C)(O)c1ccccc1. The first kappa shape index (κ1) is 10.2. The van der Waals surface area contributed by atoms with E-state index >= 15 is 0 Å². The summed E-state index contributed by atoms with van der Waals surface area (Å²) in [5, 5.41) is 19.1. The van der Waals surface area contributed by atoms with Crippen molar-refractivity contribution in [3.63, 3.8) is 0 Å². The van der Waals surface area contributed by atoms with Gasteiger partial charge in [0.25, 0.3) is 0 Å². The Morgan fingerprint density at radius 3 is 2.31 bits per heavy atom. The van der Waals surface area contributed by atoms with Gasteiger partial charge in [-0.1, -0.05) is 37.3 Å². The van der Waals surface area contributed by atoms with Crippen molar-refractivity contribution >= 4 is 0 Å². The van der Waals surface area contributed by atoms with E-state index in [2.05, 4.69) is 0 Å². The van der Waals surface area contributed by atoms with Crippen molar-refractivity contribution in [3.8, 4) is 0 Å². The van der Waals surface area contributed by atoms with E-state index in [0.29, 0.717) is 0 Å². The van der Waals surface area contributed by atoms with E-state index in [1.54, 1.807) is 6.92 Å². The van der Waals surface area contributed by atoms with Crippen LogP contribution in [0.4, 0.5) is 0 Å². The van der Waals surface area contributed by atoms with Crippen molar-refractivity contribution in [2.45, 2.75) is 19.4 Å². The molecule has 1 aromatic rings. The van der Waals surface area contributed by atoms with Crippen LogP contribution in [0.2, 0.25) is 0 Å². The first-order valence-electron chi connectivity index (χ1n) is 4.47. The van der Waals surface area contributed by atoms with Gasteiger partial charge >= 0.3 is 0 Å². The molecule has 0 amide bonds. The van der Waals surface area contributed by atoms with Crippen LogP contribution in [0.5, 0.6) is 0 Å². The highest BCUT2D eigenvalue weighted by Gasteiger charge is 2.29. The minimum absolute atomic E-state index is 0.0120. The molecular weight excluding hydrogens is 164 g/mol. The molecule has 1 rings (SSSR count). The minimum atomic E-state index is -0.948. The molecule has 2 nitrogen and oxygen atoms in total. The van der Waals surface area contributed by atoms with E-state index in [1.807, 2.05) is 37.3 Å². The average Bonchev–Trinajstić information content (AvgIpc) is 2.18. The summed E-state index contributed by atoms with van der Waals surface area (Å²) in [6.45, 7) is 3.54. The molecule has 0 saturated carbocycles. The molecule has 0 aliphatic carbocycles. The minimum Gasteiger partial charge on any atom is -0.396 e. The first-order chi connectivity index (χ1) is 6.09. The van der Waals surface area contributed by atoms with Gasteiger partial charge in [-0.15, -0.1) is 0 Å². The van der Waals surface area contributed by atoms with E-state index in [4.69, 9.17) is 5.11 Å². The number of aliphatic hydroxyl groups excluding tert-OH is 1. The highest BCUT2D eigenvalue weighted by molar-refractivity contribution is 5.22. The van der Waals surface area contributed by atoms with Crippen molar-refractivity contribution in [3.05, 3.63) is 35.9 Å². The second kappa shape index (κ2) is 3.90. The number of benzene rings is 1.